The fraction of sp³-hybridized carbons (Fsp3) is 0.450. The number of rotatable bonds is 9. The summed E-state index contributed by atoms with van der Waals surface area (Å²) in [6, 6.07) is 7.43. The molecule has 27 heavy (non-hydrogen) atoms. The summed E-state index contributed by atoms with van der Waals surface area (Å²) >= 11 is 0. The zero-order chi connectivity index (χ0) is 19.9. The van der Waals surface area contributed by atoms with Gasteiger partial charge in [0.2, 0.25) is 0 Å². The van der Waals surface area contributed by atoms with Gasteiger partial charge in [0, 0.05) is 0 Å². The Hall–Kier alpha value is -3.01. The van der Waals surface area contributed by atoms with E-state index in [0.29, 0.717) is 11.5 Å². The summed E-state index contributed by atoms with van der Waals surface area (Å²) < 4.78 is 15.6. The third-order valence-corrected chi connectivity index (χ3v) is 4.28. The number of allylic oxidation sites excluding steroid dienone is 1. The minimum absolute atomic E-state index is 0.156. The number of hydrogen-bond acceptors (Lipinski definition) is 6. The molecule has 0 saturated heterocycles. The molecule has 7 heteroatoms. The molecule has 2 rings (SSSR count). The Labute approximate surface area is 158 Å². The van der Waals surface area contributed by atoms with Gasteiger partial charge < -0.3 is 19.5 Å². The smallest absolute Gasteiger partial charge is 0.344 e. The van der Waals surface area contributed by atoms with E-state index in [9.17, 15) is 14.9 Å². The molecular weight excluding hydrogens is 348 g/mol. The second-order valence-electron chi connectivity index (χ2n) is 6.50. The van der Waals surface area contributed by atoms with Gasteiger partial charge in [-0.15, -0.1) is 0 Å². The largest absolute Gasteiger partial charge is 0.493 e. The van der Waals surface area contributed by atoms with Gasteiger partial charge in [-0.2, -0.15) is 5.26 Å². The normalized spacial score (nSPS) is 15.5. The van der Waals surface area contributed by atoms with Gasteiger partial charge in [0.1, 0.15) is 5.54 Å². The van der Waals surface area contributed by atoms with Crippen molar-refractivity contribution in [3.05, 3.63) is 29.8 Å². The number of nitriles is 1. The zero-order valence-corrected chi connectivity index (χ0v) is 15.8. The molecule has 1 aliphatic carbocycles. The van der Waals surface area contributed by atoms with E-state index in [4.69, 9.17) is 14.2 Å². The maximum absolute atomic E-state index is 11.9. The molecule has 1 amide bonds. The van der Waals surface area contributed by atoms with Crippen LogP contribution in [0.15, 0.2) is 24.3 Å². The summed E-state index contributed by atoms with van der Waals surface area (Å²) in [4.78, 5) is 23.7. The van der Waals surface area contributed by atoms with Crippen LogP contribution in [-0.4, -0.2) is 37.7 Å². The maximum atomic E-state index is 11.9. The average molecular weight is 372 g/mol. The molecule has 0 radical (unpaired) electrons. The number of carbonyl (C=O) groups excluding carboxylic acids is 2. The van der Waals surface area contributed by atoms with Crippen LogP contribution in [0.2, 0.25) is 0 Å². The van der Waals surface area contributed by atoms with Crippen molar-refractivity contribution in [3.63, 3.8) is 0 Å². The summed E-state index contributed by atoms with van der Waals surface area (Å²) in [5.74, 6) is -0.144. The van der Waals surface area contributed by atoms with E-state index >= 15 is 0 Å². The van der Waals surface area contributed by atoms with Gasteiger partial charge >= 0.3 is 5.97 Å². The second kappa shape index (κ2) is 9.08. The van der Waals surface area contributed by atoms with Crippen LogP contribution in [0.1, 0.15) is 32.3 Å². The first-order chi connectivity index (χ1) is 12.9. The van der Waals surface area contributed by atoms with Gasteiger partial charge in [-0.1, -0.05) is 18.2 Å². The van der Waals surface area contributed by atoms with E-state index in [2.05, 4.69) is 11.4 Å². The van der Waals surface area contributed by atoms with Crippen LogP contribution in [0.5, 0.6) is 11.5 Å². The molecule has 0 heterocycles. The van der Waals surface area contributed by atoms with Gasteiger partial charge in [-0.05, 0) is 50.3 Å². The first kappa shape index (κ1) is 20.3. The van der Waals surface area contributed by atoms with Crippen molar-refractivity contribution in [2.45, 2.75) is 32.2 Å². The number of hydrogen-bond donors (Lipinski definition) is 1. The van der Waals surface area contributed by atoms with Crippen molar-refractivity contribution in [1.29, 1.82) is 5.26 Å². The van der Waals surface area contributed by atoms with Gasteiger partial charge in [0.05, 0.1) is 13.2 Å². The lowest BCUT2D eigenvalue weighted by Gasteiger charge is -2.22. The van der Waals surface area contributed by atoms with E-state index in [-0.39, 0.29) is 12.5 Å². The van der Waals surface area contributed by atoms with Gasteiger partial charge in [0.25, 0.3) is 5.91 Å². The van der Waals surface area contributed by atoms with Gasteiger partial charge in [0.15, 0.2) is 24.7 Å². The first-order valence-corrected chi connectivity index (χ1v) is 8.73. The lowest BCUT2D eigenvalue weighted by Crippen LogP contribution is -2.48. The van der Waals surface area contributed by atoms with Crippen LogP contribution < -0.4 is 14.8 Å². The number of amides is 1. The molecule has 0 aromatic heterocycles. The van der Waals surface area contributed by atoms with Crippen LogP contribution in [0.4, 0.5) is 0 Å². The predicted octanol–water partition coefficient (Wildman–Crippen LogP) is 2.46. The summed E-state index contributed by atoms with van der Waals surface area (Å²) in [5, 5.41) is 11.9. The molecule has 0 aliphatic heterocycles. The number of methoxy groups -OCH3 is 1. The molecule has 1 atom stereocenters. The number of esters is 1. The van der Waals surface area contributed by atoms with Crippen molar-refractivity contribution in [3.8, 4) is 17.6 Å². The van der Waals surface area contributed by atoms with Crippen molar-refractivity contribution < 1.29 is 23.8 Å². The number of nitrogens with zero attached hydrogens (tertiary/aromatic N) is 1. The standard InChI is InChI=1S/C20H24N2O5/c1-4-5-14-6-9-16(17(10-14)25-3)26-12-19(24)27-11-18(23)22-20(2,13-21)15-7-8-15/h4-6,9-10,15H,7-8,11-12H2,1-3H3,(H,22,23)/b5-4+/t20-/m1/s1. The van der Waals surface area contributed by atoms with Crippen molar-refractivity contribution >= 4 is 18.0 Å². The topological polar surface area (TPSA) is 97.6 Å². The third kappa shape index (κ3) is 5.74. The molecule has 1 aromatic carbocycles. The summed E-state index contributed by atoms with van der Waals surface area (Å²) in [5.41, 5.74) is 0.0272. The Morgan fingerprint density at radius 3 is 2.67 bits per heavy atom. The Morgan fingerprint density at radius 2 is 2.07 bits per heavy atom. The summed E-state index contributed by atoms with van der Waals surface area (Å²) in [6.07, 6.45) is 5.63. The molecule has 1 aliphatic rings. The van der Waals surface area contributed by atoms with Crippen LogP contribution >= 0.6 is 0 Å². The van der Waals surface area contributed by atoms with Crippen LogP contribution in [0.25, 0.3) is 6.08 Å². The number of nitrogens with one attached hydrogen (secondary N) is 1. The van der Waals surface area contributed by atoms with Gasteiger partial charge in [-0.25, -0.2) is 4.79 Å². The molecule has 0 bridgehead atoms. The number of ether oxygens (including phenoxy) is 3. The molecule has 1 aromatic rings. The molecular formula is C20H24N2O5. The van der Waals surface area contributed by atoms with Crippen molar-refractivity contribution in [2.24, 2.45) is 5.92 Å². The minimum atomic E-state index is -0.915. The quantitative estimate of drug-likeness (QED) is 0.669. The molecule has 1 saturated carbocycles. The SMILES string of the molecule is C/C=C/c1ccc(OCC(=O)OCC(=O)N[C@](C)(C#N)C2CC2)c(OC)c1. The van der Waals surface area contributed by atoms with Crippen LogP contribution in [0.3, 0.4) is 0 Å². The fourth-order valence-electron chi connectivity index (χ4n) is 2.63. The monoisotopic (exact) mass is 372 g/mol. The molecule has 1 fully saturated rings. The molecule has 1 N–H and O–H groups in total. The number of benzene rings is 1. The number of carbonyl (C=O) groups is 2. The van der Waals surface area contributed by atoms with E-state index in [1.54, 1.807) is 19.1 Å². The predicted molar refractivity (Wildman–Crippen MR) is 99.0 cm³/mol. The Morgan fingerprint density at radius 1 is 1.33 bits per heavy atom. The van der Waals surface area contributed by atoms with E-state index in [1.807, 2.05) is 25.1 Å². The van der Waals surface area contributed by atoms with E-state index in [1.165, 1.54) is 7.11 Å². The second-order valence-corrected chi connectivity index (χ2v) is 6.50. The molecule has 144 valence electrons. The van der Waals surface area contributed by atoms with E-state index in [0.717, 1.165) is 18.4 Å². The summed E-state index contributed by atoms with van der Waals surface area (Å²) in [6.45, 7) is 2.78. The lowest BCUT2D eigenvalue weighted by molar-refractivity contribution is -0.150. The molecule has 7 nitrogen and oxygen atoms in total. The fourth-order valence-corrected chi connectivity index (χ4v) is 2.63. The van der Waals surface area contributed by atoms with Crippen LogP contribution in [0, 0.1) is 17.2 Å². The molecule has 0 unspecified atom stereocenters. The molecule has 0 spiro atoms. The van der Waals surface area contributed by atoms with E-state index < -0.39 is 24.0 Å². The highest BCUT2D eigenvalue weighted by Gasteiger charge is 2.43. The Balaban J connectivity index is 1.81. The first-order valence-electron chi connectivity index (χ1n) is 8.73. The highest BCUT2D eigenvalue weighted by atomic mass is 16.6. The van der Waals surface area contributed by atoms with Gasteiger partial charge in [-0.3, -0.25) is 4.79 Å². The Kier molecular flexibility index (Phi) is 6.83. The highest BCUT2D eigenvalue weighted by Crippen LogP contribution is 2.39. The summed E-state index contributed by atoms with van der Waals surface area (Å²) in [7, 11) is 1.51. The van der Waals surface area contributed by atoms with Crippen molar-refractivity contribution in [1.82, 2.24) is 5.32 Å². The third-order valence-electron chi connectivity index (χ3n) is 4.28. The van der Waals surface area contributed by atoms with Crippen LogP contribution in [-0.2, 0) is 14.3 Å². The van der Waals surface area contributed by atoms with Crippen molar-refractivity contribution in [2.75, 3.05) is 20.3 Å². The Bertz CT molecular complexity index is 764. The highest BCUT2D eigenvalue weighted by molar-refractivity contribution is 5.82. The lowest BCUT2D eigenvalue weighted by atomic mass is 9.98. The minimum Gasteiger partial charge on any atom is -0.493 e. The zero-order valence-electron chi connectivity index (χ0n) is 15.8. The average Bonchev–Trinajstić information content (AvgIpc) is 3.51. The maximum Gasteiger partial charge on any atom is 0.344 e.